The first-order valence-electron chi connectivity index (χ1n) is 5.70. The SMILES string of the molecule is CCC[C@H]1OC(=O)C(C)(C)C(=O)[C@@H]1CC. The third-order valence-electron chi connectivity index (χ3n) is 3.18. The Labute approximate surface area is 91.2 Å². The summed E-state index contributed by atoms with van der Waals surface area (Å²) in [5, 5.41) is 0. The second-order valence-corrected chi connectivity index (χ2v) is 4.74. The molecule has 0 aromatic heterocycles. The third-order valence-corrected chi connectivity index (χ3v) is 3.18. The number of carbonyl (C=O) groups is 2. The van der Waals surface area contributed by atoms with Gasteiger partial charge in [0.2, 0.25) is 0 Å². The molecule has 2 atom stereocenters. The Morgan fingerprint density at radius 3 is 2.33 bits per heavy atom. The maximum absolute atomic E-state index is 12.1. The van der Waals surface area contributed by atoms with Gasteiger partial charge in [-0.25, -0.2) is 0 Å². The molecule has 1 aliphatic rings. The molecule has 0 aromatic rings. The number of cyclic esters (lactones) is 1. The third kappa shape index (κ3) is 2.06. The second kappa shape index (κ2) is 4.33. The van der Waals surface area contributed by atoms with Gasteiger partial charge in [-0.05, 0) is 26.7 Å². The minimum atomic E-state index is -0.953. The van der Waals surface area contributed by atoms with Gasteiger partial charge in [0.05, 0.1) is 5.92 Å². The monoisotopic (exact) mass is 212 g/mol. The molecule has 0 amide bonds. The Hall–Kier alpha value is -0.860. The van der Waals surface area contributed by atoms with Crippen molar-refractivity contribution in [3.63, 3.8) is 0 Å². The second-order valence-electron chi connectivity index (χ2n) is 4.74. The lowest BCUT2D eigenvalue weighted by Crippen LogP contribution is -2.50. The lowest BCUT2D eigenvalue weighted by Gasteiger charge is -2.37. The van der Waals surface area contributed by atoms with Crippen molar-refractivity contribution in [3.05, 3.63) is 0 Å². The molecule has 1 fully saturated rings. The van der Waals surface area contributed by atoms with Crippen LogP contribution in [0.4, 0.5) is 0 Å². The molecule has 0 unspecified atom stereocenters. The fourth-order valence-electron chi connectivity index (χ4n) is 2.09. The van der Waals surface area contributed by atoms with E-state index in [1.165, 1.54) is 0 Å². The van der Waals surface area contributed by atoms with Crippen LogP contribution in [0.15, 0.2) is 0 Å². The molecular weight excluding hydrogens is 192 g/mol. The molecular formula is C12H20O3. The average molecular weight is 212 g/mol. The molecule has 1 heterocycles. The van der Waals surface area contributed by atoms with Gasteiger partial charge in [-0.15, -0.1) is 0 Å². The van der Waals surface area contributed by atoms with Crippen LogP contribution in [0, 0.1) is 11.3 Å². The summed E-state index contributed by atoms with van der Waals surface area (Å²) in [6, 6.07) is 0. The van der Waals surface area contributed by atoms with Gasteiger partial charge in [-0.2, -0.15) is 0 Å². The molecule has 0 N–H and O–H groups in total. The fourth-order valence-corrected chi connectivity index (χ4v) is 2.09. The van der Waals surface area contributed by atoms with Crippen molar-refractivity contribution in [3.8, 4) is 0 Å². The highest BCUT2D eigenvalue weighted by molar-refractivity contribution is 6.06. The summed E-state index contributed by atoms with van der Waals surface area (Å²) in [5.41, 5.74) is -0.953. The van der Waals surface area contributed by atoms with Gasteiger partial charge in [0.25, 0.3) is 0 Å². The summed E-state index contributed by atoms with van der Waals surface area (Å²) in [6.07, 6.45) is 2.27. The van der Waals surface area contributed by atoms with Gasteiger partial charge in [-0.3, -0.25) is 9.59 Å². The summed E-state index contributed by atoms with van der Waals surface area (Å²) in [5.74, 6) is -0.437. The number of hydrogen-bond acceptors (Lipinski definition) is 3. The van der Waals surface area contributed by atoms with E-state index in [4.69, 9.17) is 4.74 Å². The van der Waals surface area contributed by atoms with Crippen molar-refractivity contribution in [1.82, 2.24) is 0 Å². The van der Waals surface area contributed by atoms with E-state index in [-0.39, 0.29) is 23.8 Å². The van der Waals surface area contributed by atoms with Crippen molar-refractivity contribution in [2.24, 2.45) is 11.3 Å². The first kappa shape index (κ1) is 12.2. The van der Waals surface area contributed by atoms with Crippen LogP contribution in [0.3, 0.4) is 0 Å². The van der Waals surface area contributed by atoms with Crippen LogP contribution in [0.5, 0.6) is 0 Å². The molecule has 0 bridgehead atoms. The highest BCUT2D eigenvalue weighted by atomic mass is 16.5. The van der Waals surface area contributed by atoms with Crippen molar-refractivity contribution < 1.29 is 14.3 Å². The van der Waals surface area contributed by atoms with E-state index in [2.05, 4.69) is 0 Å². The van der Waals surface area contributed by atoms with E-state index in [9.17, 15) is 9.59 Å². The maximum atomic E-state index is 12.1. The molecule has 1 saturated heterocycles. The van der Waals surface area contributed by atoms with Gasteiger partial charge in [0.1, 0.15) is 11.5 Å². The van der Waals surface area contributed by atoms with Crippen LogP contribution in [-0.4, -0.2) is 17.9 Å². The number of ether oxygens (including phenoxy) is 1. The minimum absolute atomic E-state index is 0.0414. The lowest BCUT2D eigenvalue weighted by molar-refractivity contribution is -0.178. The van der Waals surface area contributed by atoms with Gasteiger partial charge in [0, 0.05) is 0 Å². The Balaban J connectivity index is 2.90. The highest BCUT2D eigenvalue weighted by Crippen LogP contribution is 2.35. The first-order chi connectivity index (χ1) is 6.95. The van der Waals surface area contributed by atoms with E-state index in [1.54, 1.807) is 13.8 Å². The Bertz CT molecular complexity index is 268. The summed E-state index contributed by atoms with van der Waals surface area (Å²) in [7, 11) is 0. The smallest absolute Gasteiger partial charge is 0.319 e. The van der Waals surface area contributed by atoms with Crippen molar-refractivity contribution >= 4 is 11.8 Å². The molecule has 3 heteroatoms. The Morgan fingerprint density at radius 2 is 1.87 bits per heavy atom. The summed E-state index contributed by atoms with van der Waals surface area (Å²) < 4.78 is 5.36. The maximum Gasteiger partial charge on any atom is 0.319 e. The number of esters is 1. The highest BCUT2D eigenvalue weighted by Gasteiger charge is 2.49. The van der Waals surface area contributed by atoms with E-state index >= 15 is 0 Å². The van der Waals surface area contributed by atoms with Crippen LogP contribution in [0.1, 0.15) is 47.0 Å². The largest absolute Gasteiger partial charge is 0.461 e. The number of carbonyl (C=O) groups excluding carboxylic acids is 2. The van der Waals surface area contributed by atoms with Crippen LogP contribution in [0.2, 0.25) is 0 Å². The van der Waals surface area contributed by atoms with Gasteiger partial charge in [0.15, 0.2) is 5.78 Å². The van der Waals surface area contributed by atoms with Crippen molar-refractivity contribution in [1.29, 1.82) is 0 Å². The minimum Gasteiger partial charge on any atom is -0.461 e. The topological polar surface area (TPSA) is 43.4 Å². The summed E-state index contributed by atoms with van der Waals surface area (Å²) in [4.78, 5) is 23.7. The molecule has 86 valence electrons. The summed E-state index contributed by atoms with van der Waals surface area (Å²) in [6.45, 7) is 7.32. The number of rotatable bonds is 3. The van der Waals surface area contributed by atoms with E-state index in [1.807, 2.05) is 13.8 Å². The molecule has 0 aromatic carbocycles. The molecule has 1 aliphatic heterocycles. The van der Waals surface area contributed by atoms with Crippen LogP contribution in [-0.2, 0) is 14.3 Å². The zero-order chi connectivity index (χ0) is 11.6. The molecule has 0 saturated carbocycles. The van der Waals surface area contributed by atoms with Crippen LogP contribution in [0.25, 0.3) is 0 Å². The Morgan fingerprint density at radius 1 is 1.27 bits per heavy atom. The predicted octanol–water partition coefficient (Wildman–Crippen LogP) is 2.33. The zero-order valence-corrected chi connectivity index (χ0v) is 10.0. The van der Waals surface area contributed by atoms with E-state index in [0.29, 0.717) is 0 Å². The van der Waals surface area contributed by atoms with Crippen LogP contribution < -0.4 is 0 Å². The molecule has 0 radical (unpaired) electrons. The normalized spacial score (nSPS) is 30.1. The molecule has 15 heavy (non-hydrogen) atoms. The van der Waals surface area contributed by atoms with Gasteiger partial charge < -0.3 is 4.74 Å². The van der Waals surface area contributed by atoms with E-state index in [0.717, 1.165) is 19.3 Å². The van der Waals surface area contributed by atoms with Crippen molar-refractivity contribution in [2.75, 3.05) is 0 Å². The standard InChI is InChI=1S/C12H20O3/c1-5-7-9-8(6-2)10(13)12(3,4)11(14)15-9/h8-9H,5-7H2,1-4H3/t8-,9-/m1/s1. The van der Waals surface area contributed by atoms with E-state index < -0.39 is 5.41 Å². The number of ketones is 1. The van der Waals surface area contributed by atoms with Crippen molar-refractivity contribution in [2.45, 2.75) is 53.1 Å². The average Bonchev–Trinajstić information content (AvgIpc) is 2.16. The molecule has 0 aliphatic carbocycles. The van der Waals surface area contributed by atoms with Gasteiger partial charge >= 0.3 is 5.97 Å². The number of hydrogen-bond donors (Lipinski definition) is 0. The lowest BCUT2D eigenvalue weighted by atomic mass is 9.75. The number of Topliss-reactive ketones (excluding diaryl/α,β-unsaturated/α-hetero) is 1. The Kier molecular flexibility index (Phi) is 3.53. The van der Waals surface area contributed by atoms with Crippen LogP contribution >= 0.6 is 0 Å². The quantitative estimate of drug-likeness (QED) is 0.532. The summed E-state index contributed by atoms with van der Waals surface area (Å²) >= 11 is 0. The molecule has 1 rings (SSSR count). The zero-order valence-electron chi connectivity index (χ0n) is 10.0. The fraction of sp³-hybridized carbons (Fsp3) is 0.833. The molecule has 3 nitrogen and oxygen atoms in total. The predicted molar refractivity (Wildman–Crippen MR) is 57.4 cm³/mol. The molecule has 0 spiro atoms. The van der Waals surface area contributed by atoms with Gasteiger partial charge in [-0.1, -0.05) is 20.3 Å². The first-order valence-corrected chi connectivity index (χ1v) is 5.70.